The fraction of sp³-hybridized carbons (Fsp3) is 1.00. The second-order valence-electron chi connectivity index (χ2n) is 4.76. The average Bonchev–Trinajstić information content (AvgIpc) is 2.46. The molecule has 0 bridgehead atoms. The second kappa shape index (κ2) is 5.85. The zero-order chi connectivity index (χ0) is 11.3. The predicted molar refractivity (Wildman–Crippen MR) is 63.5 cm³/mol. The Morgan fingerprint density at radius 3 is 2.67 bits per heavy atom. The third-order valence-electron chi connectivity index (χ3n) is 3.14. The van der Waals surface area contributed by atoms with Crippen LogP contribution in [-0.2, 0) is 9.84 Å². The van der Waals surface area contributed by atoms with Gasteiger partial charge in [0.1, 0.15) is 0 Å². The van der Waals surface area contributed by atoms with Gasteiger partial charge in [-0.25, -0.2) is 8.42 Å². The van der Waals surface area contributed by atoms with Crippen molar-refractivity contribution in [2.24, 2.45) is 11.7 Å². The maximum Gasteiger partial charge on any atom is 0.150 e. The van der Waals surface area contributed by atoms with Crippen LogP contribution in [0.2, 0.25) is 0 Å². The van der Waals surface area contributed by atoms with Gasteiger partial charge in [0.15, 0.2) is 9.84 Å². The summed E-state index contributed by atoms with van der Waals surface area (Å²) in [5.74, 6) is 1.07. The summed E-state index contributed by atoms with van der Waals surface area (Å²) < 4.78 is 22.5. The molecule has 1 aliphatic rings. The molecule has 0 aromatic carbocycles. The van der Waals surface area contributed by atoms with Crippen molar-refractivity contribution >= 4 is 9.84 Å². The maximum atomic E-state index is 11.2. The van der Waals surface area contributed by atoms with E-state index in [-0.39, 0.29) is 6.04 Å². The molecule has 0 saturated carbocycles. The van der Waals surface area contributed by atoms with Crippen LogP contribution in [0.1, 0.15) is 45.4 Å². The van der Waals surface area contributed by atoms with Crippen LogP contribution in [-0.4, -0.2) is 26.0 Å². The van der Waals surface area contributed by atoms with E-state index >= 15 is 0 Å². The SMILES string of the molecule is CCCCCC(N)CC1CCS(=O)(=O)C1. The summed E-state index contributed by atoms with van der Waals surface area (Å²) in [6.07, 6.45) is 6.38. The van der Waals surface area contributed by atoms with Crippen LogP contribution in [0, 0.1) is 5.92 Å². The van der Waals surface area contributed by atoms with Crippen molar-refractivity contribution in [3.63, 3.8) is 0 Å². The van der Waals surface area contributed by atoms with Crippen molar-refractivity contribution in [1.29, 1.82) is 0 Å². The molecule has 1 aliphatic heterocycles. The van der Waals surface area contributed by atoms with Crippen LogP contribution < -0.4 is 5.73 Å². The highest BCUT2D eigenvalue weighted by molar-refractivity contribution is 7.91. The molecule has 1 fully saturated rings. The number of nitrogens with two attached hydrogens (primary N) is 1. The minimum atomic E-state index is -2.72. The summed E-state index contributed by atoms with van der Waals surface area (Å²) in [4.78, 5) is 0. The molecule has 0 radical (unpaired) electrons. The molecule has 90 valence electrons. The molecule has 2 unspecified atom stereocenters. The Hall–Kier alpha value is -0.0900. The zero-order valence-corrected chi connectivity index (χ0v) is 10.4. The first kappa shape index (κ1) is 13.0. The van der Waals surface area contributed by atoms with E-state index in [1.807, 2.05) is 0 Å². The lowest BCUT2D eigenvalue weighted by molar-refractivity contribution is 0.439. The van der Waals surface area contributed by atoms with Crippen LogP contribution in [0.15, 0.2) is 0 Å². The Morgan fingerprint density at radius 1 is 1.40 bits per heavy atom. The molecule has 15 heavy (non-hydrogen) atoms. The van der Waals surface area contributed by atoms with Crippen LogP contribution >= 0.6 is 0 Å². The predicted octanol–water partition coefficient (Wildman–Crippen LogP) is 1.72. The van der Waals surface area contributed by atoms with Crippen molar-refractivity contribution in [3.8, 4) is 0 Å². The minimum Gasteiger partial charge on any atom is -0.328 e. The van der Waals surface area contributed by atoms with E-state index in [2.05, 4.69) is 6.92 Å². The number of sulfone groups is 1. The number of rotatable bonds is 6. The minimum absolute atomic E-state index is 0.204. The third-order valence-corrected chi connectivity index (χ3v) is 4.98. The van der Waals surface area contributed by atoms with Gasteiger partial charge in [0.25, 0.3) is 0 Å². The van der Waals surface area contributed by atoms with Crippen molar-refractivity contribution in [3.05, 3.63) is 0 Å². The van der Waals surface area contributed by atoms with Crippen LogP contribution in [0.4, 0.5) is 0 Å². The summed E-state index contributed by atoms with van der Waals surface area (Å²) in [7, 11) is -2.72. The quantitative estimate of drug-likeness (QED) is 0.711. The van der Waals surface area contributed by atoms with Crippen LogP contribution in [0.25, 0.3) is 0 Å². The molecule has 4 heteroatoms. The van der Waals surface area contributed by atoms with E-state index in [1.54, 1.807) is 0 Å². The summed E-state index contributed by atoms with van der Waals surface area (Å²) in [6, 6.07) is 0.204. The van der Waals surface area contributed by atoms with E-state index in [9.17, 15) is 8.42 Å². The lowest BCUT2D eigenvalue weighted by atomic mass is 9.96. The largest absolute Gasteiger partial charge is 0.328 e. The molecular formula is C11H23NO2S. The van der Waals surface area contributed by atoms with Crippen LogP contribution in [0.3, 0.4) is 0 Å². The molecule has 0 aromatic rings. The first-order valence-electron chi connectivity index (χ1n) is 5.99. The molecule has 3 nitrogen and oxygen atoms in total. The van der Waals surface area contributed by atoms with Gasteiger partial charge >= 0.3 is 0 Å². The van der Waals surface area contributed by atoms with Gasteiger partial charge in [0.05, 0.1) is 11.5 Å². The molecule has 0 amide bonds. The van der Waals surface area contributed by atoms with Crippen molar-refractivity contribution in [2.75, 3.05) is 11.5 Å². The lowest BCUT2D eigenvalue weighted by Gasteiger charge is -2.14. The summed E-state index contributed by atoms with van der Waals surface area (Å²) >= 11 is 0. The van der Waals surface area contributed by atoms with Crippen molar-refractivity contribution in [2.45, 2.75) is 51.5 Å². The molecule has 0 aromatic heterocycles. The fourth-order valence-electron chi connectivity index (χ4n) is 2.26. The molecule has 2 atom stereocenters. The average molecular weight is 233 g/mol. The Bertz CT molecular complexity index is 274. The van der Waals surface area contributed by atoms with Gasteiger partial charge in [0, 0.05) is 6.04 Å². The standard InChI is InChI=1S/C11H23NO2S/c1-2-3-4-5-11(12)8-10-6-7-15(13,14)9-10/h10-11H,2-9,12H2,1H3. The van der Waals surface area contributed by atoms with Gasteiger partial charge in [-0.05, 0) is 25.2 Å². The molecule has 1 saturated heterocycles. The van der Waals surface area contributed by atoms with Gasteiger partial charge in [-0.2, -0.15) is 0 Å². The highest BCUT2D eigenvalue weighted by Gasteiger charge is 2.28. The van der Waals surface area contributed by atoms with Crippen molar-refractivity contribution < 1.29 is 8.42 Å². The van der Waals surface area contributed by atoms with Crippen LogP contribution in [0.5, 0.6) is 0 Å². The Morgan fingerprint density at radius 2 is 2.13 bits per heavy atom. The smallest absolute Gasteiger partial charge is 0.150 e. The summed E-state index contributed by atoms with van der Waals surface area (Å²) in [6.45, 7) is 2.18. The van der Waals surface area contributed by atoms with Gasteiger partial charge in [-0.1, -0.05) is 26.2 Å². The number of hydrogen-bond donors (Lipinski definition) is 1. The van der Waals surface area contributed by atoms with E-state index in [4.69, 9.17) is 5.73 Å². The van der Waals surface area contributed by atoms with E-state index in [0.717, 1.165) is 19.3 Å². The first-order chi connectivity index (χ1) is 7.03. The fourth-order valence-corrected chi connectivity index (χ4v) is 4.14. The maximum absolute atomic E-state index is 11.2. The highest BCUT2D eigenvalue weighted by Crippen LogP contribution is 2.23. The molecular weight excluding hydrogens is 210 g/mol. The van der Waals surface area contributed by atoms with Crippen molar-refractivity contribution in [1.82, 2.24) is 0 Å². The third kappa shape index (κ3) is 4.98. The van der Waals surface area contributed by atoms with Gasteiger partial charge in [-0.15, -0.1) is 0 Å². The van der Waals surface area contributed by atoms with E-state index in [0.29, 0.717) is 17.4 Å². The molecule has 1 heterocycles. The summed E-state index contributed by atoms with van der Waals surface area (Å²) in [5, 5.41) is 0. The molecule has 0 aliphatic carbocycles. The van der Waals surface area contributed by atoms with E-state index < -0.39 is 9.84 Å². The van der Waals surface area contributed by atoms with Gasteiger partial charge < -0.3 is 5.73 Å². The number of unbranched alkanes of at least 4 members (excludes halogenated alkanes) is 2. The Kier molecular flexibility index (Phi) is 5.06. The second-order valence-corrected chi connectivity index (χ2v) is 6.99. The topological polar surface area (TPSA) is 60.2 Å². The number of hydrogen-bond acceptors (Lipinski definition) is 3. The zero-order valence-electron chi connectivity index (χ0n) is 9.61. The van der Waals surface area contributed by atoms with Gasteiger partial charge in [-0.3, -0.25) is 0 Å². The van der Waals surface area contributed by atoms with E-state index in [1.165, 1.54) is 19.3 Å². The Balaban J connectivity index is 2.19. The Labute approximate surface area is 93.3 Å². The van der Waals surface area contributed by atoms with Gasteiger partial charge in [0.2, 0.25) is 0 Å². The highest BCUT2D eigenvalue weighted by atomic mass is 32.2. The normalized spacial score (nSPS) is 26.7. The molecule has 0 spiro atoms. The monoisotopic (exact) mass is 233 g/mol. The molecule has 1 rings (SSSR count). The molecule has 2 N–H and O–H groups in total. The lowest BCUT2D eigenvalue weighted by Crippen LogP contribution is -2.24. The summed E-state index contributed by atoms with van der Waals surface area (Å²) in [5.41, 5.74) is 5.99. The first-order valence-corrected chi connectivity index (χ1v) is 7.81.